The van der Waals surface area contributed by atoms with Crippen molar-refractivity contribution in [2.45, 2.75) is 25.6 Å². The Hall–Kier alpha value is -2.91. The van der Waals surface area contributed by atoms with Crippen LogP contribution in [-0.4, -0.2) is 29.0 Å². The molecule has 0 aliphatic carbocycles. The maximum absolute atomic E-state index is 13.8. The normalized spacial score (nSPS) is 11.8. The molecule has 0 aliphatic heterocycles. The number of amides is 1. The summed E-state index contributed by atoms with van der Waals surface area (Å²) in [5.41, 5.74) is 7.62. The predicted octanol–water partition coefficient (Wildman–Crippen LogP) is 3.09. The van der Waals surface area contributed by atoms with Crippen LogP contribution in [0.1, 0.15) is 16.8 Å². The molecule has 0 spiro atoms. The van der Waals surface area contributed by atoms with Crippen molar-refractivity contribution in [2.24, 2.45) is 5.73 Å². The summed E-state index contributed by atoms with van der Waals surface area (Å²) in [4.78, 5) is 18.7. The quantitative estimate of drug-likeness (QED) is 0.417. The fraction of sp³-hybridized carbons (Fsp3) is 0.238. The predicted molar refractivity (Wildman–Crippen MR) is 114 cm³/mol. The number of nitrogens with one attached hydrogen (secondary N) is 2. The molecule has 1 atom stereocenters. The molecule has 1 aromatic heterocycles. The van der Waals surface area contributed by atoms with Crippen LogP contribution in [0, 0.1) is 5.82 Å². The molecule has 3 aromatic rings. The smallest absolute Gasteiger partial charge is 0.234 e. The Morgan fingerprint density at radius 1 is 1.37 bits per heavy atom. The lowest BCUT2D eigenvalue weighted by Gasteiger charge is -2.17. The lowest BCUT2D eigenvalue weighted by atomic mass is 10.1. The molecule has 0 saturated carbocycles. The molecule has 1 heterocycles. The highest BCUT2D eigenvalue weighted by molar-refractivity contribution is 9.10. The molecule has 0 saturated heterocycles. The third kappa shape index (κ3) is 5.58. The van der Waals surface area contributed by atoms with Crippen molar-refractivity contribution in [3.63, 3.8) is 0 Å². The van der Waals surface area contributed by atoms with Gasteiger partial charge in [-0.25, -0.2) is 9.37 Å². The molecule has 158 valence electrons. The number of nitrogens with two attached hydrogens (primary N) is 1. The van der Waals surface area contributed by atoms with Gasteiger partial charge in [0.05, 0.1) is 24.0 Å². The van der Waals surface area contributed by atoms with Crippen molar-refractivity contribution in [3.05, 3.63) is 76.0 Å². The van der Waals surface area contributed by atoms with Crippen molar-refractivity contribution in [3.8, 4) is 11.5 Å². The zero-order valence-electron chi connectivity index (χ0n) is 16.3. The minimum absolute atomic E-state index is 0.0627. The minimum Gasteiger partial charge on any atom is -0.493 e. The van der Waals surface area contributed by atoms with E-state index < -0.39 is 11.9 Å². The van der Waals surface area contributed by atoms with Crippen LogP contribution in [0.4, 0.5) is 4.39 Å². The van der Waals surface area contributed by atoms with Crippen molar-refractivity contribution >= 4 is 21.8 Å². The highest BCUT2D eigenvalue weighted by Gasteiger charge is 2.18. The van der Waals surface area contributed by atoms with Crippen LogP contribution in [0.5, 0.6) is 11.5 Å². The van der Waals surface area contributed by atoms with Crippen LogP contribution in [0.2, 0.25) is 0 Å². The van der Waals surface area contributed by atoms with Gasteiger partial charge in [0.15, 0.2) is 11.5 Å². The molecule has 2 aromatic carbocycles. The fourth-order valence-electron chi connectivity index (χ4n) is 2.91. The third-order valence-corrected chi connectivity index (χ3v) is 5.08. The maximum Gasteiger partial charge on any atom is 0.234 e. The van der Waals surface area contributed by atoms with Gasteiger partial charge in [-0.3, -0.25) is 4.79 Å². The molecule has 30 heavy (non-hydrogen) atoms. The van der Waals surface area contributed by atoms with E-state index in [1.165, 1.54) is 13.2 Å². The molecule has 3 rings (SSSR count). The lowest BCUT2D eigenvalue weighted by Crippen LogP contribution is -2.42. The Morgan fingerprint density at radius 2 is 2.17 bits per heavy atom. The van der Waals surface area contributed by atoms with E-state index in [0.29, 0.717) is 34.5 Å². The number of aromatic nitrogens is 2. The van der Waals surface area contributed by atoms with E-state index in [1.807, 2.05) is 6.07 Å². The number of methoxy groups -OCH3 is 1. The van der Waals surface area contributed by atoms with E-state index in [-0.39, 0.29) is 12.4 Å². The molecule has 1 amide bonds. The van der Waals surface area contributed by atoms with E-state index in [2.05, 4.69) is 31.2 Å². The van der Waals surface area contributed by atoms with Gasteiger partial charge in [0.2, 0.25) is 5.91 Å². The minimum atomic E-state index is -0.563. The second-order valence-corrected chi connectivity index (χ2v) is 7.46. The van der Waals surface area contributed by atoms with Gasteiger partial charge in [-0.2, -0.15) is 0 Å². The first kappa shape index (κ1) is 21.8. The molecule has 4 N–H and O–H groups in total. The summed E-state index contributed by atoms with van der Waals surface area (Å²) in [7, 11) is 1.53. The number of primary amides is 1. The second-order valence-electron chi connectivity index (χ2n) is 6.61. The van der Waals surface area contributed by atoms with Crippen molar-refractivity contribution in [1.82, 2.24) is 15.3 Å². The highest BCUT2D eigenvalue weighted by Crippen LogP contribution is 2.37. The van der Waals surface area contributed by atoms with Crippen molar-refractivity contribution in [2.75, 3.05) is 7.11 Å². The summed E-state index contributed by atoms with van der Waals surface area (Å²) in [5.74, 6) is 0.166. The van der Waals surface area contributed by atoms with Gasteiger partial charge in [0.25, 0.3) is 0 Å². The lowest BCUT2D eigenvalue weighted by molar-refractivity contribution is -0.120. The van der Waals surface area contributed by atoms with Crippen LogP contribution >= 0.6 is 15.9 Å². The highest BCUT2D eigenvalue weighted by atomic mass is 79.9. The Bertz CT molecular complexity index is 998. The number of aromatic amines is 1. The molecule has 1 unspecified atom stereocenters. The zero-order chi connectivity index (χ0) is 21.5. The average molecular weight is 477 g/mol. The van der Waals surface area contributed by atoms with E-state index in [9.17, 15) is 9.18 Å². The summed E-state index contributed by atoms with van der Waals surface area (Å²) in [6.45, 7) is 0.442. The van der Waals surface area contributed by atoms with Gasteiger partial charge in [-0.1, -0.05) is 18.2 Å². The number of ether oxygens (including phenoxy) is 2. The number of carbonyl (C=O) groups excluding carboxylic acids is 1. The number of imidazole rings is 1. The Kier molecular flexibility index (Phi) is 7.42. The Balaban J connectivity index is 1.69. The molecule has 9 heteroatoms. The number of carbonyl (C=O) groups is 1. The first-order chi connectivity index (χ1) is 14.5. The SMILES string of the molecule is COc1cc(CNC(Cc2cnc[nH]2)C(N)=O)cc(Br)c1OCc1ccccc1F. The van der Waals surface area contributed by atoms with Crippen LogP contribution in [-0.2, 0) is 24.4 Å². The summed E-state index contributed by atoms with van der Waals surface area (Å²) in [6.07, 6.45) is 3.60. The second kappa shape index (κ2) is 10.2. The van der Waals surface area contributed by atoms with Gasteiger partial charge in [0.1, 0.15) is 12.4 Å². The number of hydrogen-bond acceptors (Lipinski definition) is 5. The first-order valence-electron chi connectivity index (χ1n) is 9.20. The number of rotatable bonds is 10. The third-order valence-electron chi connectivity index (χ3n) is 4.49. The van der Waals surface area contributed by atoms with Gasteiger partial charge >= 0.3 is 0 Å². The van der Waals surface area contributed by atoms with E-state index in [0.717, 1.165) is 11.3 Å². The molecule has 7 nitrogen and oxygen atoms in total. The van der Waals surface area contributed by atoms with E-state index >= 15 is 0 Å². The molecule has 0 radical (unpaired) electrons. The first-order valence-corrected chi connectivity index (χ1v) is 9.99. The summed E-state index contributed by atoms with van der Waals surface area (Å²) >= 11 is 3.48. The summed E-state index contributed by atoms with van der Waals surface area (Å²) < 4.78 is 25.7. The van der Waals surface area contributed by atoms with Crippen molar-refractivity contribution in [1.29, 1.82) is 0 Å². The van der Waals surface area contributed by atoms with Gasteiger partial charge < -0.3 is 25.5 Å². The molecular weight excluding hydrogens is 455 g/mol. The van der Waals surface area contributed by atoms with Gasteiger partial charge in [-0.15, -0.1) is 0 Å². The Morgan fingerprint density at radius 3 is 2.83 bits per heavy atom. The zero-order valence-corrected chi connectivity index (χ0v) is 17.9. The van der Waals surface area contributed by atoms with E-state index in [1.54, 1.807) is 36.8 Å². The summed E-state index contributed by atoms with van der Waals surface area (Å²) in [6, 6.07) is 9.51. The topological polar surface area (TPSA) is 102 Å². The van der Waals surface area contributed by atoms with Crippen LogP contribution < -0.4 is 20.5 Å². The molecule has 0 aliphatic rings. The number of benzene rings is 2. The van der Waals surface area contributed by atoms with Crippen LogP contribution in [0.25, 0.3) is 0 Å². The fourth-order valence-corrected chi connectivity index (χ4v) is 3.52. The van der Waals surface area contributed by atoms with Crippen molar-refractivity contribution < 1.29 is 18.7 Å². The van der Waals surface area contributed by atoms with Gasteiger partial charge in [-0.05, 0) is 39.7 Å². The summed E-state index contributed by atoms with van der Waals surface area (Å²) in [5, 5.41) is 3.15. The number of hydrogen-bond donors (Lipinski definition) is 3. The standard InChI is InChI=1S/C21H22BrFN4O3/c1-29-19-7-13(9-26-18(21(24)28)8-15-10-25-12-27-15)6-16(22)20(19)30-11-14-4-2-3-5-17(14)23/h2-7,10,12,18,26H,8-9,11H2,1H3,(H2,24,28)(H,25,27). The monoisotopic (exact) mass is 476 g/mol. The molecular formula is C21H22BrFN4O3. The molecule has 0 fully saturated rings. The average Bonchev–Trinajstić information content (AvgIpc) is 3.24. The maximum atomic E-state index is 13.8. The number of H-pyrrole nitrogens is 1. The largest absolute Gasteiger partial charge is 0.493 e. The molecule has 0 bridgehead atoms. The van der Waals surface area contributed by atoms with Gasteiger partial charge in [0, 0.05) is 30.4 Å². The van der Waals surface area contributed by atoms with Crippen LogP contribution in [0.15, 0.2) is 53.4 Å². The number of halogens is 2. The number of nitrogens with zero attached hydrogens (tertiary/aromatic N) is 1. The van der Waals surface area contributed by atoms with Crippen LogP contribution in [0.3, 0.4) is 0 Å². The Labute approximate surface area is 181 Å². The van der Waals surface area contributed by atoms with E-state index in [4.69, 9.17) is 15.2 Å².